The Hall–Kier alpha value is -1.61. The zero-order valence-corrected chi connectivity index (χ0v) is 12.0. The summed E-state index contributed by atoms with van der Waals surface area (Å²) in [6.07, 6.45) is 4.90. The van der Waals surface area contributed by atoms with Gasteiger partial charge in [-0.1, -0.05) is 43.7 Å². The molecule has 1 aromatic heterocycles. The van der Waals surface area contributed by atoms with Gasteiger partial charge in [-0.2, -0.15) is 0 Å². The number of aryl methyl sites for hydroxylation is 1. The van der Waals surface area contributed by atoms with Crippen molar-refractivity contribution in [3.8, 4) is 11.3 Å². The Morgan fingerprint density at radius 1 is 1.21 bits per heavy atom. The molecule has 0 saturated carbocycles. The molecule has 0 aliphatic rings. The van der Waals surface area contributed by atoms with Crippen LogP contribution in [0, 0.1) is 12.8 Å². The van der Waals surface area contributed by atoms with E-state index in [-0.39, 0.29) is 0 Å². The molecule has 0 fully saturated rings. The van der Waals surface area contributed by atoms with Crippen molar-refractivity contribution in [3.63, 3.8) is 0 Å². The molecule has 1 atom stereocenters. The van der Waals surface area contributed by atoms with E-state index >= 15 is 0 Å². The summed E-state index contributed by atoms with van der Waals surface area (Å²) in [5.74, 6) is 0.627. The van der Waals surface area contributed by atoms with E-state index < -0.39 is 0 Å². The summed E-state index contributed by atoms with van der Waals surface area (Å²) in [4.78, 5) is 4.30. The highest BCUT2D eigenvalue weighted by atomic mass is 15.1. The summed E-state index contributed by atoms with van der Waals surface area (Å²) >= 11 is 0. The number of rotatable bonds is 5. The van der Waals surface area contributed by atoms with Gasteiger partial charge in [-0.25, -0.2) is 4.98 Å². The maximum atomic E-state index is 5.93. The molecule has 0 saturated heterocycles. The van der Waals surface area contributed by atoms with Crippen molar-refractivity contribution in [3.05, 3.63) is 42.4 Å². The third-order valence-corrected chi connectivity index (χ3v) is 3.42. The third kappa shape index (κ3) is 3.24. The number of nitrogens with zero attached hydrogens (tertiary/aromatic N) is 2. The highest BCUT2D eigenvalue weighted by Gasteiger charge is 2.15. The molecule has 0 aliphatic heterocycles. The second-order valence-electron chi connectivity index (χ2n) is 5.57. The van der Waals surface area contributed by atoms with E-state index in [1.807, 2.05) is 12.5 Å². The molecule has 2 aromatic rings. The van der Waals surface area contributed by atoms with Gasteiger partial charge in [0.05, 0.1) is 18.2 Å². The summed E-state index contributed by atoms with van der Waals surface area (Å²) in [5, 5.41) is 0. The van der Waals surface area contributed by atoms with Crippen molar-refractivity contribution >= 4 is 0 Å². The fraction of sp³-hybridized carbons (Fsp3) is 0.438. The number of hydrogen-bond donors (Lipinski definition) is 1. The van der Waals surface area contributed by atoms with Crippen LogP contribution in [0.15, 0.2) is 36.8 Å². The minimum Gasteiger partial charge on any atom is -0.328 e. The third-order valence-electron chi connectivity index (χ3n) is 3.42. The number of aromatic nitrogens is 2. The Balaban J connectivity index is 2.33. The first-order valence-electron chi connectivity index (χ1n) is 6.90. The summed E-state index contributed by atoms with van der Waals surface area (Å²) in [7, 11) is 0. The first-order chi connectivity index (χ1) is 9.11. The molecule has 3 nitrogen and oxygen atoms in total. The van der Waals surface area contributed by atoms with E-state index in [0.717, 1.165) is 12.1 Å². The molecular formula is C16H23N3. The minimum atomic E-state index is 0.318. The zero-order chi connectivity index (χ0) is 13.8. The monoisotopic (exact) mass is 257 g/mol. The fourth-order valence-corrected chi connectivity index (χ4v) is 2.41. The van der Waals surface area contributed by atoms with Crippen LogP contribution in [0.1, 0.15) is 31.9 Å². The molecular weight excluding hydrogens is 234 g/mol. The summed E-state index contributed by atoms with van der Waals surface area (Å²) < 4.78 is 2.21. The largest absolute Gasteiger partial charge is 0.328 e. The number of nitrogens with two attached hydrogens (primary N) is 1. The summed E-state index contributed by atoms with van der Waals surface area (Å²) in [6, 6.07) is 8.87. The van der Waals surface area contributed by atoms with Gasteiger partial charge in [-0.05, 0) is 24.8 Å². The Morgan fingerprint density at radius 3 is 2.47 bits per heavy atom. The SMILES string of the molecule is Cc1ccc(-c2cncn2C(CN)CC(C)C)cc1. The van der Waals surface area contributed by atoms with Crippen molar-refractivity contribution < 1.29 is 0 Å². The van der Waals surface area contributed by atoms with Crippen LogP contribution in [-0.2, 0) is 0 Å². The average Bonchev–Trinajstić information content (AvgIpc) is 2.85. The van der Waals surface area contributed by atoms with Crippen LogP contribution in [0.5, 0.6) is 0 Å². The molecule has 0 bridgehead atoms. The second-order valence-corrected chi connectivity index (χ2v) is 5.57. The van der Waals surface area contributed by atoms with Crippen molar-refractivity contribution in [1.29, 1.82) is 0 Å². The molecule has 3 heteroatoms. The predicted octanol–water partition coefficient (Wildman–Crippen LogP) is 3.40. The van der Waals surface area contributed by atoms with E-state index in [9.17, 15) is 0 Å². The van der Waals surface area contributed by atoms with Gasteiger partial charge in [0.2, 0.25) is 0 Å². The highest BCUT2D eigenvalue weighted by molar-refractivity contribution is 5.59. The molecule has 0 amide bonds. The van der Waals surface area contributed by atoms with E-state index in [0.29, 0.717) is 18.5 Å². The molecule has 0 aliphatic carbocycles. The minimum absolute atomic E-state index is 0.318. The molecule has 0 radical (unpaired) electrons. The van der Waals surface area contributed by atoms with E-state index in [4.69, 9.17) is 5.73 Å². The van der Waals surface area contributed by atoms with Crippen LogP contribution < -0.4 is 5.73 Å². The van der Waals surface area contributed by atoms with Crippen molar-refractivity contribution in [2.24, 2.45) is 11.7 Å². The van der Waals surface area contributed by atoms with Crippen LogP contribution in [0.4, 0.5) is 0 Å². The van der Waals surface area contributed by atoms with E-state index in [1.54, 1.807) is 0 Å². The van der Waals surface area contributed by atoms with E-state index in [1.165, 1.54) is 11.1 Å². The van der Waals surface area contributed by atoms with Gasteiger partial charge in [0.25, 0.3) is 0 Å². The van der Waals surface area contributed by atoms with E-state index in [2.05, 4.69) is 54.6 Å². The second kappa shape index (κ2) is 6.02. The van der Waals surface area contributed by atoms with Gasteiger partial charge < -0.3 is 10.3 Å². The number of imidazole rings is 1. The molecule has 0 spiro atoms. The van der Waals surface area contributed by atoms with Gasteiger partial charge >= 0.3 is 0 Å². The zero-order valence-electron chi connectivity index (χ0n) is 12.0. The maximum absolute atomic E-state index is 5.93. The lowest BCUT2D eigenvalue weighted by molar-refractivity contribution is 0.410. The summed E-state index contributed by atoms with van der Waals surface area (Å²) in [6.45, 7) is 7.20. The molecule has 1 aromatic carbocycles. The number of hydrogen-bond acceptors (Lipinski definition) is 2. The average molecular weight is 257 g/mol. The lowest BCUT2D eigenvalue weighted by Gasteiger charge is -2.21. The standard InChI is InChI=1S/C16H23N3/c1-12(2)8-15(9-17)19-11-18-10-16(19)14-6-4-13(3)5-7-14/h4-7,10-12,15H,8-9,17H2,1-3H3. The fourth-order valence-electron chi connectivity index (χ4n) is 2.41. The lowest BCUT2D eigenvalue weighted by Crippen LogP contribution is -2.21. The topological polar surface area (TPSA) is 43.8 Å². The van der Waals surface area contributed by atoms with Crippen molar-refractivity contribution in [2.75, 3.05) is 6.54 Å². The Kier molecular flexibility index (Phi) is 4.38. The van der Waals surface area contributed by atoms with Crippen LogP contribution in [0.3, 0.4) is 0 Å². The van der Waals surface area contributed by atoms with Gasteiger partial charge in [0, 0.05) is 12.6 Å². The molecule has 2 N–H and O–H groups in total. The van der Waals surface area contributed by atoms with Crippen LogP contribution in [0.2, 0.25) is 0 Å². The van der Waals surface area contributed by atoms with Gasteiger partial charge in [0.15, 0.2) is 0 Å². The maximum Gasteiger partial charge on any atom is 0.0954 e. The Morgan fingerprint density at radius 2 is 1.89 bits per heavy atom. The van der Waals surface area contributed by atoms with Crippen molar-refractivity contribution in [2.45, 2.75) is 33.2 Å². The Labute approximate surface area is 115 Å². The molecule has 102 valence electrons. The van der Waals surface area contributed by atoms with Gasteiger partial charge in [-0.15, -0.1) is 0 Å². The highest BCUT2D eigenvalue weighted by Crippen LogP contribution is 2.25. The van der Waals surface area contributed by atoms with Crippen LogP contribution >= 0.6 is 0 Å². The quantitative estimate of drug-likeness (QED) is 0.892. The van der Waals surface area contributed by atoms with Gasteiger partial charge in [-0.3, -0.25) is 0 Å². The van der Waals surface area contributed by atoms with Crippen LogP contribution in [0.25, 0.3) is 11.3 Å². The number of benzene rings is 1. The summed E-state index contributed by atoms with van der Waals surface area (Å²) in [5.41, 5.74) is 9.55. The molecule has 19 heavy (non-hydrogen) atoms. The first-order valence-corrected chi connectivity index (χ1v) is 6.90. The lowest BCUT2D eigenvalue weighted by atomic mass is 10.0. The normalized spacial score (nSPS) is 12.9. The van der Waals surface area contributed by atoms with Gasteiger partial charge in [0.1, 0.15) is 0 Å². The first kappa shape index (κ1) is 13.8. The molecule has 1 heterocycles. The molecule has 1 unspecified atom stereocenters. The van der Waals surface area contributed by atoms with Crippen molar-refractivity contribution in [1.82, 2.24) is 9.55 Å². The predicted molar refractivity (Wildman–Crippen MR) is 79.9 cm³/mol. The van der Waals surface area contributed by atoms with Crippen LogP contribution in [-0.4, -0.2) is 16.1 Å². The smallest absolute Gasteiger partial charge is 0.0954 e. The molecule has 2 rings (SSSR count). The Bertz CT molecular complexity index is 511.